The standard InChI is InChI=1S/C22H21FN2O2/c1-16-14-25(22-4-2-3-13-24-22)15-21(26-16)17-5-9-19(10-6-17)27-20-11-7-18(23)8-12-20/h2-13,16,21H,14-15H2,1H3. The summed E-state index contributed by atoms with van der Waals surface area (Å²) in [7, 11) is 0. The monoisotopic (exact) mass is 364 g/mol. The molecular formula is C22H21FN2O2. The van der Waals surface area contributed by atoms with Gasteiger partial charge in [0.2, 0.25) is 0 Å². The van der Waals surface area contributed by atoms with Gasteiger partial charge in [-0.3, -0.25) is 0 Å². The molecule has 1 aliphatic rings. The smallest absolute Gasteiger partial charge is 0.128 e. The van der Waals surface area contributed by atoms with Crippen LogP contribution >= 0.6 is 0 Å². The number of ether oxygens (including phenoxy) is 2. The molecule has 1 aliphatic heterocycles. The zero-order valence-electron chi connectivity index (χ0n) is 15.1. The Bertz CT molecular complexity index is 869. The summed E-state index contributed by atoms with van der Waals surface area (Å²) in [5, 5.41) is 0. The summed E-state index contributed by atoms with van der Waals surface area (Å²) in [6, 6.07) is 19.8. The Balaban J connectivity index is 1.46. The molecule has 2 aromatic carbocycles. The van der Waals surface area contributed by atoms with Gasteiger partial charge in [-0.15, -0.1) is 0 Å². The van der Waals surface area contributed by atoms with Crippen LogP contribution in [0.4, 0.5) is 10.2 Å². The molecule has 4 nitrogen and oxygen atoms in total. The second kappa shape index (κ2) is 7.76. The maximum absolute atomic E-state index is 13.0. The first kappa shape index (κ1) is 17.5. The zero-order chi connectivity index (χ0) is 18.6. The van der Waals surface area contributed by atoms with Crippen molar-refractivity contribution in [3.63, 3.8) is 0 Å². The molecule has 0 saturated carbocycles. The Morgan fingerprint density at radius 3 is 2.33 bits per heavy atom. The molecule has 0 spiro atoms. The van der Waals surface area contributed by atoms with Crippen LogP contribution in [0.3, 0.4) is 0 Å². The molecule has 1 fully saturated rings. The highest BCUT2D eigenvalue weighted by Gasteiger charge is 2.27. The number of halogens is 1. The van der Waals surface area contributed by atoms with Gasteiger partial charge in [0, 0.05) is 19.3 Å². The number of nitrogens with zero attached hydrogens (tertiary/aromatic N) is 2. The molecule has 0 N–H and O–H groups in total. The molecule has 4 rings (SSSR count). The highest BCUT2D eigenvalue weighted by atomic mass is 19.1. The molecular weight excluding hydrogens is 343 g/mol. The van der Waals surface area contributed by atoms with Gasteiger partial charge in [-0.1, -0.05) is 18.2 Å². The van der Waals surface area contributed by atoms with Gasteiger partial charge in [0.15, 0.2) is 0 Å². The van der Waals surface area contributed by atoms with E-state index in [1.54, 1.807) is 12.1 Å². The van der Waals surface area contributed by atoms with Crippen LogP contribution in [0, 0.1) is 5.82 Å². The lowest BCUT2D eigenvalue weighted by Crippen LogP contribution is -2.43. The molecule has 0 aliphatic carbocycles. The van der Waals surface area contributed by atoms with E-state index in [0.717, 1.165) is 24.5 Å². The number of anilines is 1. The van der Waals surface area contributed by atoms with Gasteiger partial charge in [-0.2, -0.15) is 0 Å². The fourth-order valence-electron chi connectivity index (χ4n) is 3.25. The van der Waals surface area contributed by atoms with E-state index in [1.165, 1.54) is 12.1 Å². The lowest BCUT2D eigenvalue weighted by molar-refractivity contribution is -0.0176. The fraction of sp³-hybridized carbons (Fsp3) is 0.227. The molecule has 0 amide bonds. The van der Waals surface area contributed by atoms with E-state index in [4.69, 9.17) is 9.47 Å². The molecule has 1 saturated heterocycles. The quantitative estimate of drug-likeness (QED) is 0.654. The molecule has 0 radical (unpaired) electrons. The van der Waals surface area contributed by atoms with E-state index >= 15 is 0 Å². The maximum atomic E-state index is 13.0. The van der Waals surface area contributed by atoms with Crippen molar-refractivity contribution in [1.82, 2.24) is 4.98 Å². The lowest BCUT2D eigenvalue weighted by atomic mass is 10.1. The van der Waals surface area contributed by atoms with Crippen LogP contribution in [0.15, 0.2) is 72.9 Å². The number of hydrogen-bond acceptors (Lipinski definition) is 4. The van der Waals surface area contributed by atoms with Crippen molar-refractivity contribution in [2.75, 3.05) is 18.0 Å². The van der Waals surface area contributed by atoms with Gasteiger partial charge in [-0.25, -0.2) is 9.37 Å². The van der Waals surface area contributed by atoms with Crippen LogP contribution in [0.1, 0.15) is 18.6 Å². The first-order valence-electron chi connectivity index (χ1n) is 9.02. The minimum absolute atomic E-state index is 0.0318. The molecule has 5 heteroatoms. The van der Waals surface area contributed by atoms with Gasteiger partial charge in [0.25, 0.3) is 0 Å². The maximum Gasteiger partial charge on any atom is 0.128 e. The Labute approximate surface area is 158 Å². The van der Waals surface area contributed by atoms with Gasteiger partial charge >= 0.3 is 0 Å². The number of morpholine rings is 1. The van der Waals surface area contributed by atoms with Crippen molar-refractivity contribution >= 4 is 5.82 Å². The summed E-state index contributed by atoms with van der Waals surface area (Å²) in [4.78, 5) is 6.71. The van der Waals surface area contributed by atoms with Crippen LogP contribution in [-0.4, -0.2) is 24.2 Å². The Hall–Kier alpha value is -2.92. The number of hydrogen-bond donors (Lipinski definition) is 0. The topological polar surface area (TPSA) is 34.6 Å². The fourth-order valence-corrected chi connectivity index (χ4v) is 3.25. The Morgan fingerprint density at radius 1 is 0.963 bits per heavy atom. The molecule has 2 unspecified atom stereocenters. The van der Waals surface area contributed by atoms with Gasteiger partial charge in [0.05, 0.1) is 6.10 Å². The minimum Gasteiger partial charge on any atom is -0.457 e. The third kappa shape index (κ3) is 4.26. The van der Waals surface area contributed by atoms with Crippen molar-refractivity contribution in [2.24, 2.45) is 0 Å². The van der Waals surface area contributed by atoms with Gasteiger partial charge in [0.1, 0.15) is 29.2 Å². The summed E-state index contributed by atoms with van der Waals surface area (Å²) in [6.45, 7) is 3.65. The highest BCUT2D eigenvalue weighted by Crippen LogP contribution is 2.30. The normalized spacial score (nSPS) is 19.7. The second-order valence-electron chi connectivity index (χ2n) is 6.65. The molecule has 0 bridgehead atoms. The predicted molar refractivity (Wildman–Crippen MR) is 103 cm³/mol. The molecule has 27 heavy (non-hydrogen) atoms. The van der Waals surface area contributed by atoms with E-state index in [1.807, 2.05) is 48.7 Å². The van der Waals surface area contributed by atoms with Gasteiger partial charge in [-0.05, 0) is 61.0 Å². The summed E-state index contributed by atoms with van der Waals surface area (Å²) in [5.41, 5.74) is 1.09. The van der Waals surface area contributed by atoms with E-state index in [9.17, 15) is 4.39 Å². The van der Waals surface area contributed by atoms with Crippen LogP contribution < -0.4 is 9.64 Å². The molecule has 1 aromatic heterocycles. The Kier molecular flexibility index (Phi) is 5.03. The van der Waals surface area contributed by atoms with Crippen molar-refractivity contribution in [3.05, 3.63) is 84.3 Å². The average Bonchev–Trinajstić information content (AvgIpc) is 2.70. The molecule has 2 heterocycles. The van der Waals surface area contributed by atoms with E-state index < -0.39 is 0 Å². The first-order chi connectivity index (χ1) is 13.2. The van der Waals surface area contributed by atoms with E-state index in [0.29, 0.717) is 11.5 Å². The number of rotatable bonds is 4. The van der Waals surface area contributed by atoms with Crippen molar-refractivity contribution in [2.45, 2.75) is 19.1 Å². The third-order valence-corrected chi connectivity index (χ3v) is 4.53. The minimum atomic E-state index is -0.279. The summed E-state index contributed by atoms with van der Waals surface area (Å²) in [6.07, 6.45) is 1.89. The van der Waals surface area contributed by atoms with Crippen molar-refractivity contribution in [1.29, 1.82) is 0 Å². The highest BCUT2D eigenvalue weighted by molar-refractivity contribution is 5.40. The SMILES string of the molecule is CC1CN(c2ccccn2)CC(c2ccc(Oc3ccc(F)cc3)cc2)O1. The van der Waals surface area contributed by atoms with E-state index in [2.05, 4.69) is 16.8 Å². The molecule has 138 valence electrons. The summed E-state index contributed by atoms with van der Waals surface area (Å²) in [5.74, 6) is 2.00. The second-order valence-corrected chi connectivity index (χ2v) is 6.65. The zero-order valence-corrected chi connectivity index (χ0v) is 15.1. The average molecular weight is 364 g/mol. The van der Waals surface area contributed by atoms with E-state index in [-0.39, 0.29) is 18.0 Å². The largest absolute Gasteiger partial charge is 0.457 e. The summed E-state index contributed by atoms with van der Waals surface area (Å²) < 4.78 is 24.9. The number of aromatic nitrogens is 1. The summed E-state index contributed by atoms with van der Waals surface area (Å²) >= 11 is 0. The third-order valence-electron chi connectivity index (χ3n) is 4.53. The first-order valence-corrected chi connectivity index (χ1v) is 9.02. The Morgan fingerprint density at radius 2 is 1.67 bits per heavy atom. The van der Waals surface area contributed by atoms with Crippen LogP contribution in [0.25, 0.3) is 0 Å². The number of benzene rings is 2. The predicted octanol–water partition coefficient (Wildman–Crippen LogP) is 4.98. The molecule has 3 aromatic rings. The van der Waals surface area contributed by atoms with Crippen LogP contribution in [-0.2, 0) is 4.74 Å². The van der Waals surface area contributed by atoms with Gasteiger partial charge < -0.3 is 14.4 Å². The number of pyridine rings is 1. The molecule has 2 atom stereocenters. The van der Waals surface area contributed by atoms with Crippen molar-refractivity contribution < 1.29 is 13.9 Å². The van der Waals surface area contributed by atoms with Crippen molar-refractivity contribution in [3.8, 4) is 11.5 Å². The van der Waals surface area contributed by atoms with Crippen LogP contribution in [0.5, 0.6) is 11.5 Å². The lowest BCUT2D eigenvalue weighted by Gasteiger charge is -2.37. The van der Waals surface area contributed by atoms with Crippen LogP contribution in [0.2, 0.25) is 0 Å².